The molecule has 8 nitrogen and oxygen atoms in total. The van der Waals surface area contributed by atoms with E-state index in [9.17, 15) is 19.7 Å². The summed E-state index contributed by atoms with van der Waals surface area (Å²) >= 11 is 6.55. The molecule has 0 aliphatic carbocycles. The van der Waals surface area contributed by atoms with Crippen molar-refractivity contribution in [1.82, 2.24) is 4.90 Å². The second-order valence-electron chi connectivity index (χ2n) is 6.56. The van der Waals surface area contributed by atoms with Gasteiger partial charge < -0.3 is 10.1 Å². The summed E-state index contributed by atoms with van der Waals surface area (Å²) in [5.41, 5.74) is 1.29. The number of benzene rings is 2. The molecule has 3 rings (SSSR count). The van der Waals surface area contributed by atoms with Crippen molar-refractivity contribution in [3.63, 3.8) is 0 Å². The Morgan fingerprint density at radius 1 is 1.23 bits per heavy atom. The Morgan fingerprint density at radius 3 is 2.52 bits per heavy atom. The van der Waals surface area contributed by atoms with Gasteiger partial charge in [-0.1, -0.05) is 36.1 Å². The number of nitro benzene ring substituents is 1. The highest BCUT2D eigenvalue weighted by molar-refractivity contribution is 8.26. The first-order chi connectivity index (χ1) is 14.9. The predicted octanol–water partition coefficient (Wildman–Crippen LogP) is 4.22. The van der Waals surface area contributed by atoms with Crippen LogP contribution in [0.4, 0.5) is 11.4 Å². The van der Waals surface area contributed by atoms with Crippen LogP contribution in [0.15, 0.2) is 53.4 Å². The third kappa shape index (κ3) is 5.89. The molecule has 0 aromatic heterocycles. The molecule has 2 amide bonds. The van der Waals surface area contributed by atoms with Crippen LogP contribution in [0.1, 0.15) is 18.4 Å². The van der Waals surface area contributed by atoms with Gasteiger partial charge in [-0.05, 0) is 42.3 Å². The highest BCUT2D eigenvalue weighted by atomic mass is 32.2. The molecule has 1 fully saturated rings. The van der Waals surface area contributed by atoms with E-state index in [1.54, 1.807) is 13.2 Å². The van der Waals surface area contributed by atoms with Crippen LogP contribution < -0.4 is 10.1 Å². The molecule has 1 N–H and O–H groups in total. The summed E-state index contributed by atoms with van der Waals surface area (Å²) in [6, 6.07) is 12.9. The number of nitrogens with zero attached hydrogens (tertiary/aromatic N) is 2. The van der Waals surface area contributed by atoms with Crippen LogP contribution in [0.25, 0.3) is 6.08 Å². The zero-order valence-corrected chi connectivity index (χ0v) is 18.2. The van der Waals surface area contributed by atoms with Gasteiger partial charge >= 0.3 is 0 Å². The van der Waals surface area contributed by atoms with Crippen molar-refractivity contribution in [3.05, 3.63) is 69.1 Å². The molecule has 10 heteroatoms. The van der Waals surface area contributed by atoms with Crippen LogP contribution in [-0.2, 0) is 9.59 Å². The van der Waals surface area contributed by atoms with Gasteiger partial charge in [0.15, 0.2) is 0 Å². The van der Waals surface area contributed by atoms with Crippen molar-refractivity contribution in [3.8, 4) is 5.75 Å². The highest BCUT2D eigenvalue weighted by Crippen LogP contribution is 2.33. The molecule has 0 radical (unpaired) electrons. The predicted molar refractivity (Wildman–Crippen MR) is 124 cm³/mol. The monoisotopic (exact) mass is 457 g/mol. The highest BCUT2D eigenvalue weighted by Gasteiger charge is 2.31. The topological polar surface area (TPSA) is 102 Å². The largest absolute Gasteiger partial charge is 0.497 e. The minimum absolute atomic E-state index is 0.0462. The first kappa shape index (κ1) is 22.4. The number of ether oxygens (including phenoxy) is 1. The maximum atomic E-state index is 12.7. The minimum atomic E-state index is -0.503. The van der Waals surface area contributed by atoms with Gasteiger partial charge in [0.1, 0.15) is 10.1 Å². The number of hydrogen-bond acceptors (Lipinski definition) is 7. The fourth-order valence-electron chi connectivity index (χ4n) is 2.83. The molecule has 0 saturated carbocycles. The molecule has 2 aromatic rings. The van der Waals surface area contributed by atoms with Gasteiger partial charge in [-0.15, -0.1) is 0 Å². The van der Waals surface area contributed by atoms with Crippen LogP contribution in [-0.4, -0.2) is 39.6 Å². The summed E-state index contributed by atoms with van der Waals surface area (Å²) in [5.74, 6) is 0.311. The van der Waals surface area contributed by atoms with Crippen molar-refractivity contribution in [1.29, 1.82) is 0 Å². The first-order valence-electron chi connectivity index (χ1n) is 9.31. The van der Waals surface area contributed by atoms with Crippen LogP contribution in [0.5, 0.6) is 5.75 Å². The van der Waals surface area contributed by atoms with Crippen LogP contribution in [0.2, 0.25) is 0 Å². The van der Waals surface area contributed by atoms with E-state index in [1.807, 2.05) is 24.3 Å². The first-order valence-corrected chi connectivity index (χ1v) is 10.5. The number of amides is 2. The molecule has 1 aliphatic heterocycles. The van der Waals surface area contributed by atoms with Crippen molar-refractivity contribution < 1.29 is 19.2 Å². The zero-order valence-electron chi connectivity index (χ0n) is 16.6. The van der Waals surface area contributed by atoms with Crippen LogP contribution >= 0.6 is 24.0 Å². The summed E-state index contributed by atoms with van der Waals surface area (Å²) in [7, 11) is 1.59. The van der Waals surface area contributed by atoms with Gasteiger partial charge in [0.25, 0.3) is 11.6 Å². The number of anilines is 1. The second kappa shape index (κ2) is 10.2. The number of non-ortho nitro benzene ring substituents is 1. The smallest absolute Gasteiger partial charge is 0.269 e. The number of rotatable bonds is 8. The Bertz CT molecular complexity index is 1040. The fraction of sp³-hybridized carbons (Fsp3) is 0.190. The second-order valence-corrected chi connectivity index (χ2v) is 8.24. The van der Waals surface area contributed by atoms with Crippen LogP contribution in [0.3, 0.4) is 0 Å². The normalized spacial score (nSPS) is 14.7. The van der Waals surface area contributed by atoms with Gasteiger partial charge in [-0.25, -0.2) is 0 Å². The van der Waals surface area contributed by atoms with Gasteiger partial charge in [-0.3, -0.25) is 24.6 Å². The number of carbonyl (C=O) groups excluding carboxylic acids is 2. The Morgan fingerprint density at radius 2 is 1.90 bits per heavy atom. The standard InChI is InChI=1S/C21H19N3O5S2/c1-29-17-10-4-14(5-11-17)13-18-20(26)23(21(30)31-18)12-2-3-19(25)22-15-6-8-16(9-7-15)24(27)28/h4-11,13H,2-3,12H2,1H3,(H,22,25)/b18-13-. The third-order valence-electron chi connectivity index (χ3n) is 4.43. The van der Waals surface area contributed by atoms with Gasteiger partial charge in [0, 0.05) is 30.8 Å². The number of thioether (sulfide) groups is 1. The lowest BCUT2D eigenvalue weighted by molar-refractivity contribution is -0.384. The van der Waals surface area contributed by atoms with Gasteiger partial charge in [0.05, 0.1) is 16.9 Å². The molecule has 0 unspecified atom stereocenters. The van der Waals surface area contributed by atoms with Gasteiger partial charge in [-0.2, -0.15) is 0 Å². The lowest BCUT2D eigenvalue weighted by Gasteiger charge is -2.14. The lowest BCUT2D eigenvalue weighted by Crippen LogP contribution is -2.29. The molecule has 160 valence electrons. The minimum Gasteiger partial charge on any atom is -0.497 e. The number of hydrogen-bond donors (Lipinski definition) is 1. The molecule has 0 spiro atoms. The summed E-state index contributed by atoms with van der Waals surface area (Å²) < 4.78 is 5.59. The summed E-state index contributed by atoms with van der Waals surface area (Å²) in [5, 5.41) is 13.4. The molecule has 2 aromatic carbocycles. The van der Waals surface area contributed by atoms with Crippen molar-refractivity contribution in [2.45, 2.75) is 12.8 Å². The maximum absolute atomic E-state index is 12.7. The molecule has 31 heavy (non-hydrogen) atoms. The molecular weight excluding hydrogens is 438 g/mol. The Balaban J connectivity index is 1.51. The van der Waals surface area contributed by atoms with E-state index in [2.05, 4.69) is 5.32 Å². The van der Waals surface area contributed by atoms with Crippen molar-refractivity contribution >= 4 is 57.6 Å². The van der Waals surface area contributed by atoms with E-state index >= 15 is 0 Å². The van der Waals surface area contributed by atoms with Crippen LogP contribution in [0, 0.1) is 10.1 Å². The van der Waals surface area contributed by atoms with Crippen molar-refractivity contribution in [2.75, 3.05) is 19.0 Å². The Kier molecular flexibility index (Phi) is 7.37. The Labute approximate surface area is 188 Å². The summed E-state index contributed by atoms with van der Waals surface area (Å²) in [4.78, 5) is 37.0. The van der Waals surface area contributed by atoms with E-state index in [0.29, 0.717) is 27.9 Å². The molecule has 1 saturated heterocycles. The number of nitrogens with one attached hydrogen (secondary N) is 1. The Hall–Kier alpha value is -3.24. The average molecular weight is 458 g/mol. The quantitative estimate of drug-likeness (QED) is 0.274. The SMILES string of the molecule is COc1ccc(/C=C2\SC(=S)N(CCCC(=O)Nc3ccc([N+](=O)[O-])cc3)C2=O)cc1. The lowest BCUT2D eigenvalue weighted by atomic mass is 10.2. The van der Waals surface area contributed by atoms with E-state index in [-0.39, 0.29) is 23.9 Å². The zero-order chi connectivity index (χ0) is 22.4. The van der Waals surface area contributed by atoms with E-state index in [4.69, 9.17) is 17.0 Å². The number of carbonyl (C=O) groups is 2. The van der Waals surface area contributed by atoms with Gasteiger partial charge in [0.2, 0.25) is 5.91 Å². The summed E-state index contributed by atoms with van der Waals surface area (Å²) in [6.45, 7) is 0.332. The number of methoxy groups -OCH3 is 1. The van der Waals surface area contributed by atoms with E-state index in [1.165, 1.54) is 40.9 Å². The maximum Gasteiger partial charge on any atom is 0.269 e. The summed E-state index contributed by atoms with van der Waals surface area (Å²) in [6.07, 6.45) is 2.40. The number of nitro groups is 1. The number of thiocarbonyl (C=S) groups is 1. The molecule has 0 atom stereocenters. The molecule has 0 bridgehead atoms. The molecular formula is C21H19N3O5S2. The average Bonchev–Trinajstić information content (AvgIpc) is 3.02. The molecule has 1 aliphatic rings. The fourth-order valence-corrected chi connectivity index (χ4v) is 4.14. The van der Waals surface area contributed by atoms with E-state index < -0.39 is 4.92 Å². The molecule has 1 heterocycles. The van der Waals surface area contributed by atoms with Crippen molar-refractivity contribution in [2.24, 2.45) is 0 Å². The third-order valence-corrected chi connectivity index (χ3v) is 5.81. The van der Waals surface area contributed by atoms with E-state index in [0.717, 1.165) is 11.3 Å².